The zero-order valence-corrected chi connectivity index (χ0v) is 11.4. The second-order valence-electron chi connectivity index (χ2n) is 4.56. The molecule has 0 spiro atoms. The number of nitrogens with zero attached hydrogens (tertiary/aromatic N) is 2. The van der Waals surface area contributed by atoms with Crippen molar-refractivity contribution in [3.63, 3.8) is 0 Å². The number of carboxylic acid groups (broad SMARTS) is 1. The van der Waals surface area contributed by atoms with Crippen LogP contribution in [0.2, 0.25) is 0 Å². The van der Waals surface area contributed by atoms with Crippen LogP contribution in [0.15, 0.2) is 0 Å². The van der Waals surface area contributed by atoms with Gasteiger partial charge in [-0.3, -0.25) is 4.79 Å². The maximum absolute atomic E-state index is 12.2. The zero-order valence-electron chi connectivity index (χ0n) is 10.6. The van der Waals surface area contributed by atoms with Gasteiger partial charge in [-0.15, -0.1) is 11.8 Å². The molecule has 0 aromatic heterocycles. The molecule has 2 aliphatic heterocycles. The van der Waals surface area contributed by atoms with Crippen molar-refractivity contribution in [2.24, 2.45) is 5.92 Å². The lowest BCUT2D eigenvalue weighted by Gasteiger charge is -2.26. The topological polar surface area (TPSA) is 87.2 Å². The molecule has 0 bridgehead atoms. The van der Waals surface area contributed by atoms with Crippen molar-refractivity contribution in [3.8, 4) is 0 Å². The van der Waals surface area contributed by atoms with Crippen molar-refractivity contribution in [2.75, 3.05) is 31.8 Å². The molecule has 2 saturated heterocycles. The van der Waals surface area contributed by atoms with Gasteiger partial charge in [0, 0.05) is 18.8 Å². The lowest BCUT2D eigenvalue weighted by atomic mass is 10.1. The van der Waals surface area contributed by atoms with E-state index in [1.165, 1.54) is 28.7 Å². The number of thioether (sulfide) groups is 1. The first-order valence-corrected chi connectivity index (χ1v) is 7.14. The highest BCUT2D eigenvalue weighted by Crippen LogP contribution is 2.25. The van der Waals surface area contributed by atoms with E-state index in [4.69, 9.17) is 5.11 Å². The molecule has 2 atom stereocenters. The van der Waals surface area contributed by atoms with E-state index in [2.05, 4.69) is 4.74 Å². The number of carbonyl (C=O) groups excluding carboxylic acids is 2. The first-order chi connectivity index (χ1) is 9.04. The van der Waals surface area contributed by atoms with Gasteiger partial charge in [-0.1, -0.05) is 0 Å². The van der Waals surface area contributed by atoms with Crippen LogP contribution < -0.4 is 0 Å². The lowest BCUT2D eigenvalue weighted by molar-refractivity contribution is -0.145. The summed E-state index contributed by atoms with van der Waals surface area (Å²) in [4.78, 5) is 37.6. The minimum Gasteiger partial charge on any atom is -0.480 e. The molecule has 7 nitrogen and oxygen atoms in total. The summed E-state index contributed by atoms with van der Waals surface area (Å²) in [5.41, 5.74) is 0. The summed E-state index contributed by atoms with van der Waals surface area (Å²) in [7, 11) is 1.32. The predicted octanol–water partition coefficient (Wildman–Crippen LogP) is 0.0608. The summed E-state index contributed by atoms with van der Waals surface area (Å²) < 4.78 is 4.66. The Kier molecular flexibility index (Phi) is 4.18. The van der Waals surface area contributed by atoms with Crippen molar-refractivity contribution in [2.45, 2.75) is 12.5 Å². The van der Waals surface area contributed by atoms with E-state index >= 15 is 0 Å². The molecule has 0 radical (unpaired) electrons. The monoisotopic (exact) mass is 288 g/mol. The smallest absolute Gasteiger partial charge is 0.327 e. The highest BCUT2D eigenvalue weighted by atomic mass is 32.2. The predicted molar refractivity (Wildman–Crippen MR) is 67.7 cm³/mol. The number of esters is 1. The van der Waals surface area contributed by atoms with Gasteiger partial charge in [0.25, 0.3) is 0 Å². The summed E-state index contributed by atoms with van der Waals surface area (Å²) in [6, 6.07) is -1.07. The number of aliphatic carboxylic acids is 1. The molecule has 0 aromatic rings. The molecule has 2 amide bonds. The summed E-state index contributed by atoms with van der Waals surface area (Å²) in [5, 5.41) is 9.05. The van der Waals surface area contributed by atoms with Crippen molar-refractivity contribution in [1.82, 2.24) is 9.80 Å². The minimum absolute atomic E-state index is 0.299. The molecule has 0 aromatic carbocycles. The van der Waals surface area contributed by atoms with Crippen LogP contribution in [0.3, 0.4) is 0 Å². The van der Waals surface area contributed by atoms with Crippen LogP contribution in [-0.4, -0.2) is 70.7 Å². The number of carboxylic acids is 1. The third kappa shape index (κ3) is 2.78. The number of rotatable bonds is 2. The molecule has 2 fully saturated rings. The molecule has 0 aliphatic carbocycles. The van der Waals surface area contributed by atoms with Gasteiger partial charge in [0.05, 0.1) is 18.9 Å². The average Bonchev–Trinajstić information content (AvgIpc) is 3.05. The van der Waals surface area contributed by atoms with E-state index in [1.54, 1.807) is 0 Å². The normalized spacial score (nSPS) is 26.6. The van der Waals surface area contributed by atoms with Gasteiger partial charge in [0.15, 0.2) is 0 Å². The first kappa shape index (κ1) is 14.0. The number of likely N-dealkylation sites (tertiary alicyclic amines) is 1. The highest BCUT2D eigenvalue weighted by molar-refractivity contribution is 7.99. The Morgan fingerprint density at radius 2 is 2.11 bits per heavy atom. The fourth-order valence-corrected chi connectivity index (χ4v) is 3.45. The standard InChI is InChI=1S/C11H16N2O5S/c1-18-10(16)7-2-3-12(4-7)11(17)13-6-19-5-8(13)9(14)15/h7-8H,2-6H2,1H3,(H,14,15). The van der Waals surface area contributed by atoms with Gasteiger partial charge < -0.3 is 19.6 Å². The van der Waals surface area contributed by atoms with E-state index < -0.39 is 12.0 Å². The number of amides is 2. The van der Waals surface area contributed by atoms with Crippen LogP contribution in [-0.2, 0) is 14.3 Å². The number of urea groups is 1. The Bertz CT molecular complexity index is 403. The van der Waals surface area contributed by atoms with Gasteiger partial charge in [0.2, 0.25) is 0 Å². The van der Waals surface area contributed by atoms with Gasteiger partial charge in [-0.25, -0.2) is 9.59 Å². The molecule has 106 valence electrons. The Morgan fingerprint density at radius 1 is 1.37 bits per heavy atom. The Morgan fingerprint density at radius 3 is 2.74 bits per heavy atom. The summed E-state index contributed by atoms with van der Waals surface area (Å²) >= 11 is 1.42. The molecule has 1 N–H and O–H groups in total. The second kappa shape index (κ2) is 5.68. The van der Waals surface area contributed by atoms with Gasteiger partial charge >= 0.3 is 18.0 Å². The zero-order chi connectivity index (χ0) is 14.0. The number of methoxy groups -OCH3 is 1. The van der Waals surface area contributed by atoms with Crippen LogP contribution in [0.1, 0.15) is 6.42 Å². The van der Waals surface area contributed by atoms with Crippen molar-refractivity contribution < 1.29 is 24.2 Å². The molecule has 8 heteroatoms. The van der Waals surface area contributed by atoms with Gasteiger partial charge in [-0.2, -0.15) is 0 Å². The van der Waals surface area contributed by atoms with Crippen LogP contribution in [0.25, 0.3) is 0 Å². The molecule has 2 unspecified atom stereocenters. The quantitative estimate of drug-likeness (QED) is 0.723. The molecule has 0 saturated carbocycles. The molecule has 2 heterocycles. The van der Waals surface area contributed by atoms with Crippen molar-refractivity contribution >= 4 is 29.7 Å². The summed E-state index contributed by atoms with van der Waals surface area (Å²) in [5.74, 6) is -0.805. The molecule has 2 aliphatic rings. The Hall–Kier alpha value is -1.44. The first-order valence-electron chi connectivity index (χ1n) is 5.98. The van der Waals surface area contributed by atoms with E-state index in [9.17, 15) is 14.4 Å². The molecule has 19 heavy (non-hydrogen) atoms. The fraction of sp³-hybridized carbons (Fsp3) is 0.727. The Balaban J connectivity index is 1.97. The maximum atomic E-state index is 12.2. The third-order valence-corrected chi connectivity index (χ3v) is 4.42. The molecular weight excluding hydrogens is 272 g/mol. The van der Waals surface area contributed by atoms with Crippen molar-refractivity contribution in [3.05, 3.63) is 0 Å². The number of ether oxygens (including phenoxy) is 1. The largest absolute Gasteiger partial charge is 0.480 e. The second-order valence-corrected chi connectivity index (χ2v) is 5.56. The number of hydrogen-bond acceptors (Lipinski definition) is 5. The van der Waals surface area contributed by atoms with Crippen LogP contribution in [0.5, 0.6) is 0 Å². The number of hydrogen-bond donors (Lipinski definition) is 1. The van der Waals surface area contributed by atoms with Gasteiger partial charge in [-0.05, 0) is 6.42 Å². The van der Waals surface area contributed by atoms with Crippen LogP contribution in [0.4, 0.5) is 4.79 Å². The van der Waals surface area contributed by atoms with E-state index in [-0.39, 0.29) is 17.9 Å². The van der Waals surface area contributed by atoms with Gasteiger partial charge in [0.1, 0.15) is 6.04 Å². The Labute approximate surface area is 114 Å². The molecule has 2 rings (SSSR count). The van der Waals surface area contributed by atoms with Crippen LogP contribution in [0, 0.1) is 5.92 Å². The number of carbonyl (C=O) groups is 3. The summed E-state index contributed by atoms with van der Waals surface area (Å²) in [6.45, 7) is 0.769. The summed E-state index contributed by atoms with van der Waals surface area (Å²) in [6.07, 6.45) is 0.567. The van der Waals surface area contributed by atoms with E-state index in [0.29, 0.717) is 31.1 Å². The molecular formula is C11H16N2O5S. The average molecular weight is 288 g/mol. The third-order valence-electron chi connectivity index (χ3n) is 3.41. The lowest BCUT2D eigenvalue weighted by Crippen LogP contribution is -2.48. The van der Waals surface area contributed by atoms with Crippen LogP contribution >= 0.6 is 11.8 Å². The fourth-order valence-electron chi connectivity index (χ4n) is 2.31. The maximum Gasteiger partial charge on any atom is 0.327 e. The highest BCUT2D eigenvalue weighted by Gasteiger charge is 2.40. The van der Waals surface area contributed by atoms with E-state index in [1.807, 2.05) is 0 Å². The SMILES string of the molecule is COC(=O)C1CCN(C(=O)N2CSCC2C(=O)O)C1. The van der Waals surface area contributed by atoms with Crippen molar-refractivity contribution in [1.29, 1.82) is 0 Å². The minimum atomic E-state index is -0.984. The van der Waals surface area contributed by atoms with E-state index in [0.717, 1.165) is 0 Å².